The smallest absolute Gasteiger partial charge is 0.343 e. The van der Waals surface area contributed by atoms with Crippen molar-refractivity contribution in [1.82, 2.24) is 10.7 Å². The molecule has 1 unspecified atom stereocenters. The highest BCUT2D eigenvalue weighted by Gasteiger charge is 2.25. The number of rotatable bonds is 10. The second-order valence-electron chi connectivity index (χ2n) is 7.17. The number of hydrazone groups is 1. The van der Waals surface area contributed by atoms with Crippen LogP contribution >= 0.6 is 0 Å². The fourth-order valence-corrected chi connectivity index (χ4v) is 2.61. The molecule has 11 heteroatoms. The third-order valence-corrected chi connectivity index (χ3v) is 4.41. The SMILES string of the molecule is COC(=O)COc1ccc(/C=N/NC(=O)C(NC(=O)c2cccc([N+](=O)[O-])c2)C(C)C)cc1. The van der Waals surface area contributed by atoms with E-state index in [4.69, 9.17) is 4.74 Å². The summed E-state index contributed by atoms with van der Waals surface area (Å²) in [4.78, 5) is 46.4. The number of carbonyl (C=O) groups is 3. The Bertz CT molecular complexity index is 1040. The van der Waals surface area contributed by atoms with Crippen molar-refractivity contribution in [2.45, 2.75) is 19.9 Å². The zero-order chi connectivity index (χ0) is 24.4. The highest BCUT2D eigenvalue weighted by molar-refractivity contribution is 5.98. The van der Waals surface area contributed by atoms with Gasteiger partial charge >= 0.3 is 5.97 Å². The van der Waals surface area contributed by atoms with Gasteiger partial charge in [-0.25, -0.2) is 10.2 Å². The van der Waals surface area contributed by atoms with Gasteiger partial charge in [-0.15, -0.1) is 0 Å². The second kappa shape index (κ2) is 11.9. The lowest BCUT2D eigenvalue weighted by Gasteiger charge is -2.20. The maximum Gasteiger partial charge on any atom is 0.343 e. The Balaban J connectivity index is 1.96. The van der Waals surface area contributed by atoms with E-state index < -0.39 is 28.7 Å². The lowest BCUT2D eigenvalue weighted by molar-refractivity contribution is -0.384. The first-order valence-corrected chi connectivity index (χ1v) is 9.89. The highest BCUT2D eigenvalue weighted by Crippen LogP contribution is 2.14. The number of ether oxygens (including phenoxy) is 2. The molecule has 174 valence electrons. The van der Waals surface area contributed by atoms with E-state index >= 15 is 0 Å². The number of hydrogen-bond donors (Lipinski definition) is 2. The zero-order valence-electron chi connectivity index (χ0n) is 18.3. The molecular weight excluding hydrogens is 432 g/mol. The molecule has 0 aromatic heterocycles. The van der Waals surface area contributed by atoms with Crippen molar-refractivity contribution in [2.75, 3.05) is 13.7 Å². The topological polar surface area (TPSA) is 149 Å². The van der Waals surface area contributed by atoms with Crippen LogP contribution in [0.3, 0.4) is 0 Å². The van der Waals surface area contributed by atoms with Gasteiger partial charge in [0.2, 0.25) is 0 Å². The molecule has 0 bridgehead atoms. The van der Waals surface area contributed by atoms with Crippen molar-refractivity contribution in [3.63, 3.8) is 0 Å². The van der Waals surface area contributed by atoms with Gasteiger partial charge in [0.05, 0.1) is 18.2 Å². The third kappa shape index (κ3) is 7.73. The molecule has 0 saturated carbocycles. The van der Waals surface area contributed by atoms with Crippen molar-refractivity contribution in [3.05, 3.63) is 69.8 Å². The number of esters is 1. The fraction of sp³-hybridized carbons (Fsp3) is 0.273. The molecule has 2 aromatic rings. The molecule has 0 aliphatic carbocycles. The van der Waals surface area contributed by atoms with Gasteiger partial charge in [-0.3, -0.25) is 19.7 Å². The molecule has 0 radical (unpaired) electrons. The van der Waals surface area contributed by atoms with Gasteiger partial charge in [0.15, 0.2) is 6.61 Å². The minimum absolute atomic E-state index is 0.0701. The fourth-order valence-electron chi connectivity index (χ4n) is 2.61. The number of amides is 2. The summed E-state index contributed by atoms with van der Waals surface area (Å²) in [6.45, 7) is 3.28. The number of methoxy groups -OCH3 is 1. The van der Waals surface area contributed by atoms with Crippen molar-refractivity contribution in [3.8, 4) is 5.75 Å². The summed E-state index contributed by atoms with van der Waals surface area (Å²) in [5.41, 5.74) is 2.88. The number of nitrogens with zero attached hydrogens (tertiary/aromatic N) is 2. The van der Waals surface area contributed by atoms with Gasteiger partial charge in [0.1, 0.15) is 11.8 Å². The molecule has 2 amide bonds. The van der Waals surface area contributed by atoms with E-state index in [0.717, 1.165) is 6.07 Å². The van der Waals surface area contributed by atoms with Crippen LogP contribution in [0.25, 0.3) is 0 Å². The summed E-state index contributed by atoms with van der Waals surface area (Å²) < 4.78 is 9.73. The Morgan fingerprint density at radius 1 is 1.15 bits per heavy atom. The molecule has 0 saturated heterocycles. The lowest BCUT2D eigenvalue weighted by Crippen LogP contribution is -2.48. The quantitative estimate of drug-likeness (QED) is 0.240. The monoisotopic (exact) mass is 456 g/mol. The van der Waals surface area contributed by atoms with Crippen LogP contribution in [0.2, 0.25) is 0 Å². The van der Waals surface area contributed by atoms with Gasteiger partial charge in [-0.2, -0.15) is 5.10 Å². The molecule has 2 N–H and O–H groups in total. The Hall–Kier alpha value is -4.28. The van der Waals surface area contributed by atoms with Crippen LogP contribution in [-0.4, -0.2) is 48.7 Å². The van der Waals surface area contributed by atoms with E-state index in [1.807, 2.05) is 0 Å². The summed E-state index contributed by atoms with van der Waals surface area (Å²) in [6.07, 6.45) is 1.40. The molecule has 0 aliphatic heterocycles. The van der Waals surface area contributed by atoms with Crippen molar-refractivity contribution in [1.29, 1.82) is 0 Å². The van der Waals surface area contributed by atoms with Crippen molar-refractivity contribution < 1.29 is 28.8 Å². The minimum atomic E-state index is -0.914. The summed E-state index contributed by atoms with van der Waals surface area (Å²) in [7, 11) is 1.27. The molecule has 0 fully saturated rings. The van der Waals surface area contributed by atoms with Crippen LogP contribution in [0.4, 0.5) is 5.69 Å². The third-order valence-electron chi connectivity index (χ3n) is 4.41. The number of nitro groups is 1. The van der Waals surface area contributed by atoms with Crippen LogP contribution in [0.1, 0.15) is 29.8 Å². The van der Waals surface area contributed by atoms with Crippen LogP contribution in [0, 0.1) is 16.0 Å². The Labute approximate surface area is 189 Å². The average molecular weight is 456 g/mol. The van der Waals surface area contributed by atoms with Gasteiger partial charge in [-0.05, 0) is 41.8 Å². The Morgan fingerprint density at radius 2 is 1.85 bits per heavy atom. The van der Waals surface area contributed by atoms with Gasteiger partial charge < -0.3 is 14.8 Å². The first-order chi connectivity index (χ1) is 15.7. The molecule has 0 spiro atoms. The first kappa shape index (κ1) is 25.0. The maximum atomic E-state index is 12.5. The van der Waals surface area contributed by atoms with Crippen molar-refractivity contribution >= 4 is 29.7 Å². The van der Waals surface area contributed by atoms with Crippen LogP contribution < -0.4 is 15.5 Å². The number of hydrogen-bond acceptors (Lipinski definition) is 8. The Kier molecular flexibility index (Phi) is 9.04. The number of nitrogens with one attached hydrogen (secondary N) is 2. The van der Waals surface area contributed by atoms with E-state index in [-0.39, 0.29) is 23.8 Å². The van der Waals surface area contributed by atoms with Gasteiger partial charge in [0, 0.05) is 17.7 Å². The molecular formula is C22H24N4O7. The summed E-state index contributed by atoms with van der Waals surface area (Å²) in [5, 5.41) is 17.4. The van der Waals surface area contributed by atoms with Gasteiger partial charge in [-0.1, -0.05) is 19.9 Å². The molecule has 33 heavy (non-hydrogen) atoms. The summed E-state index contributed by atoms with van der Waals surface area (Å²) in [5.74, 6) is -1.46. The summed E-state index contributed by atoms with van der Waals surface area (Å²) in [6, 6.07) is 10.9. The molecule has 0 heterocycles. The second-order valence-corrected chi connectivity index (χ2v) is 7.17. The normalized spacial score (nSPS) is 11.6. The van der Waals surface area contributed by atoms with Crippen LogP contribution in [0.15, 0.2) is 53.6 Å². The highest BCUT2D eigenvalue weighted by atomic mass is 16.6. The number of nitro benzene ring substituents is 1. The number of carbonyl (C=O) groups excluding carboxylic acids is 3. The maximum absolute atomic E-state index is 12.5. The Morgan fingerprint density at radius 3 is 2.45 bits per heavy atom. The zero-order valence-corrected chi connectivity index (χ0v) is 18.3. The van der Waals surface area contributed by atoms with Crippen LogP contribution in [0.5, 0.6) is 5.75 Å². The summed E-state index contributed by atoms with van der Waals surface area (Å²) >= 11 is 0. The first-order valence-electron chi connectivity index (χ1n) is 9.89. The average Bonchev–Trinajstić information content (AvgIpc) is 2.81. The molecule has 1 atom stereocenters. The molecule has 2 aromatic carbocycles. The standard InChI is InChI=1S/C22H24N4O7/c1-14(2)20(24-21(28)16-5-4-6-17(11-16)26(30)31)22(29)25-23-12-15-7-9-18(10-8-15)33-13-19(27)32-3/h4-12,14,20H,13H2,1-3H3,(H,24,28)(H,25,29)/b23-12+. The number of benzene rings is 2. The predicted octanol–water partition coefficient (Wildman–Crippen LogP) is 2.05. The van der Waals surface area contributed by atoms with E-state index in [9.17, 15) is 24.5 Å². The van der Waals surface area contributed by atoms with Gasteiger partial charge in [0.25, 0.3) is 17.5 Å². The van der Waals surface area contributed by atoms with Crippen LogP contribution in [-0.2, 0) is 14.3 Å². The van der Waals surface area contributed by atoms with E-state index in [1.54, 1.807) is 38.1 Å². The van der Waals surface area contributed by atoms with E-state index in [2.05, 4.69) is 20.6 Å². The molecule has 0 aliphatic rings. The number of non-ortho nitro benzene ring substituents is 1. The van der Waals surface area contributed by atoms with E-state index in [0.29, 0.717) is 11.3 Å². The lowest BCUT2D eigenvalue weighted by atomic mass is 10.0. The molecule has 11 nitrogen and oxygen atoms in total. The minimum Gasteiger partial charge on any atom is -0.482 e. The van der Waals surface area contributed by atoms with Crippen molar-refractivity contribution in [2.24, 2.45) is 11.0 Å². The molecule has 2 rings (SSSR count). The predicted molar refractivity (Wildman–Crippen MR) is 119 cm³/mol. The largest absolute Gasteiger partial charge is 0.482 e. The van der Waals surface area contributed by atoms with E-state index in [1.165, 1.54) is 31.5 Å².